The topological polar surface area (TPSA) is 57.7 Å². The van der Waals surface area contributed by atoms with E-state index < -0.39 is 27.6 Å². The molecule has 0 N–H and O–H groups in total. The number of carbonyl (C=O) groups excluding carboxylic acids is 1. The lowest BCUT2D eigenvalue weighted by Gasteiger charge is -2.21. The molecule has 1 aromatic carbocycles. The van der Waals surface area contributed by atoms with E-state index in [0.717, 1.165) is 12.1 Å². The van der Waals surface area contributed by atoms with Crippen molar-refractivity contribution in [3.05, 3.63) is 35.4 Å². The molecule has 1 aliphatic heterocycles. The quantitative estimate of drug-likeness (QED) is 0.842. The Labute approximate surface area is 128 Å². The molecule has 8 heteroatoms. The van der Waals surface area contributed by atoms with E-state index in [4.69, 9.17) is 0 Å². The molecule has 0 bridgehead atoms. The summed E-state index contributed by atoms with van der Waals surface area (Å²) < 4.78 is 51.2. The summed E-state index contributed by atoms with van der Waals surface area (Å²) in [4.78, 5) is 13.8. The highest BCUT2D eigenvalue weighted by molar-refractivity contribution is 7.89. The Bertz CT molecular complexity index is 664. The van der Waals surface area contributed by atoms with Gasteiger partial charge in [-0.2, -0.15) is 0 Å². The number of amides is 1. The molecule has 0 radical (unpaired) electrons. The Kier molecular flexibility index (Phi) is 5.12. The van der Waals surface area contributed by atoms with E-state index in [1.165, 1.54) is 15.3 Å². The zero-order valence-electron chi connectivity index (χ0n) is 12.3. The number of hydrogen-bond donors (Lipinski definition) is 0. The van der Waals surface area contributed by atoms with Gasteiger partial charge >= 0.3 is 0 Å². The van der Waals surface area contributed by atoms with Crippen molar-refractivity contribution in [3.8, 4) is 0 Å². The highest BCUT2D eigenvalue weighted by atomic mass is 32.2. The van der Waals surface area contributed by atoms with Crippen LogP contribution in [0.25, 0.3) is 0 Å². The van der Waals surface area contributed by atoms with Crippen LogP contribution in [0.1, 0.15) is 23.7 Å². The smallest absolute Gasteiger partial charge is 0.254 e. The van der Waals surface area contributed by atoms with E-state index in [1.54, 1.807) is 6.92 Å². The maximum absolute atomic E-state index is 13.2. The average Bonchev–Trinajstić information content (AvgIpc) is 2.75. The normalized spacial score (nSPS) is 17.3. The van der Waals surface area contributed by atoms with Gasteiger partial charge in [0.25, 0.3) is 5.91 Å². The molecule has 1 aromatic rings. The molecule has 1 heterocycles. The van der Waals surface area contributed by atoms with Crippen LogP contribution < -0.4 is 0 Å². The zero-order valence-corrected chi connectivity index (χ0v) is 13.1. The largest absolute Gasteiger partial charge is 0.337 e. The van der Waals surface area contributed by atoms with Crippen molar-refractivity contribution in [2.75, 3.05) is 31.9 Å². The van der Waals surface area contributed by atoms with E-state index in [2.05, 4.69) is 0 Å². The third-order valence-corrected chi connectivity index (χ3v) is 5.55. The second-order valence-electron chi connectivity index (χ2n) is 5.07. The first kappa shape index (κ1) is 16.8. The van der Waals surface area contributed by atoms with Crippen molar-refractivity contribution in [2.45, 2.75) is 13.3 Å². The molecule has 1 saturated heterocycles. The fraction of sp³-hybridized carbons (Fsp3) is 0.500. The third kappa shape index (κ3) is 3.61. The molecule has 22 heavy (non-hydrogen) atoms. The molecule has 1 aliphatic rings. The Morgan fingerprint density at radius 2 is 1.86 bits per heavy atom. The standard InChI is InChI=1S/C14H18F2N2O3S/c1-2-22(20,21)18-7-3-6-17(8-9-18)14(19)11-4-5-12(15)13(16)10-11/h4-5,10H,2-3,6-9H2,1H3. The van der Waals surface area contributed by atoms with E-state index in [0.29, 0.717) is 19.5 Å². The zero-order chi connectivity index (χ0) is 16.3. The van der Waals surface area contributed by atoms with Crippen molar-refractivity contribution in [1.82, 2.24) is 9.21 Å². The Hall–Kier alpha value is -1.54. The predicted molar refractivity (Wildman–Crippen MR) is 77.9 cm³/mol. The molecular formula is C14H18F2N2O3S. The summed E-state index contributed by atoms with van der Waals surface area (Å²) in [5.41, 5.74) is 0.0608. The lowest BCUT2D eigenvalue weighted by atomic mass is 10.2. The van der Waals surface area contributed by atoms with Gasteiger partial charge in [-0.25, -0.2) is 21.5 Å². The Morgan fingerprint density at radius 3 is 2.50 bits per heavy atom. The minimum atomic E-state index is -3.28. The SMILES string of the molecule is CCS(=O)(=O)N1CCCN(C(=O)c2ccc(F)c(F)c2)CC1. The molecule has 2 rings (SSSR count). The number of rotatable bonds is 3. The van der Waals surface area contributed by atoms with Crippen molar-refractivity contribution < 1.29 is 22.0 Å². The molecule has 0 unspecified atom stereocenters. The summed E-state index contributed by atoms with van der Waals surface area (Å²) in [6, 6.07) is 3.00. The van der Waals surface area contributed by atoms with Gasteiger partial charge in [-0.3, -0.25) is 4.79 Å². The summed E-state index contributed by atoms with van der Waals surface area (Å²) in [6.45, 7) is 2.76. The minimum absolute atomic E-state index is 0.0180. The van der Waals surface area contributed by atoms with Crippen LogP contribution in [0.2, 0.25) is 0 Å². The lowest BCUT2D eigenvalue weighted by Crippen LogP contribution is -2.38. The lowest BCUT2D eigenvalue weighted by molar-refractivity contribution is 0.0763. The Morgan fingerprint density at radius 1 is 1.14 bits per heavy atom. The van der Waals surface area contributed by atoms with Gasteiger partial charge < -0.3 is 4.90 Å². The van der Waals surface area contributed by atoms with Gasteiger partial charge in [0, 0.05) is 31.7 Å². The first-order valence-electron chi connectivity index (χ1n) is 7.07. The maximum Gasteiger partial charge on any atom is 0.254 e. The van der Waals surface area contributed by atoms with Crippen LogP contribution in [0.4, 0.5) is 8.78 Å². The van der Waals surface area contributed by atoms with Crippen molar-refractivity contribution in [2.24, 2.45) is 0 Å². The second kappa shape index (κ2) is 6.70. The number of halogens is 2. The van der Waals surface area contributed by atoms with Crippen LogP contribution in [-0.2, 0) is 10.0 Å². The van der Waals surface area contributed by atoms with E-state index in [-0.39, 0.29) is 24.4 Å². The molecule has 1 fully saturated rings. The molecule has 0 aromatic heterocycles. The summed E-state index contributed by atoms with van der Waals surface area (Å²) in [7, 11) is -3.28. The van der Waals surface area contributed by atoms with E-state index in [9.17, 15) is 22.0 Å². The van der Waals surface area contributed by atoms with Crippen LogP contribution in [0.5, 0.6) is 0 Å². The summed E-state index contributed by atoms with van der Waals surface area (Å²) in [6.07, 6.45) is 0.509. The van der Waals surface area contributed by atoms with Gasteiger partial charge in [-0.1, -0.05) is 0 Å². The average molecular weight is 332 g/mol. The molecule has 0 spiro atoms. The van der Waals surface area contributed by atoms with Gasteiger partial charge in [0.15, 0.2) is 11.6 Å². The van der Waals surface area contributed by atoms with Gasteiger partial charge in [-0.05, 0) is 31.5 Å². The summed E-state index contributed by atoms with van der Waals surface area (Å²) in [5, 5.41) is 0. The molecule has 5 nitrogen and oxygen atoms in total. The van der Waals surface area contributed by atoms with Crippen LogP contribution in [0.3, 0.4) is 0 Å². The molecule has 0 saturated carbocycles. The second-order valence-corrected chi connectivity index (χ2v) is 7.33. The number of benzene rings is 1. The Balaban J connectivity index is 2.10. The highest BCUT2D eigenvalue weighted by Gasteiger charge is 2.26. The number of carbonyl (C=O) groups is 1. The number of nitrogens with zero attached hydrogens (tertiary/aromatic N) is 2. The van der Waals surface area contributed by atoms with Gasteiger partial charge in [0.2, 0.25) is 10.0 Å². The minimum Gasteiger partial charge on any atom is -0.337 e. The number of hydrogen-bond acceptors (Lipinski definition) is 3. The van der Waals surface area contributed by atoms with Gasteiger partial charge in [-0.15, -0.1) is 0 Å². The molecule has 0 atom stereocenters. The van der Waals surface area contributed by atoms with Crippen LogP contribution in [0.15, 0.2) is 18.2 Å². The van der Waals surface area contributed by atoms with Crippen LogP contribution >= 0.6 is 0 Å². The summed E-state index contributed by atoms with van der Waals surface area (Å²) >= 11 is 0. The fourth-order valence-electron chi connectivity index (χ4n) is 2.37. The first-order valence-corrected chi connectivity index (χ1v) is 8.68. The van der Waals surface area contributed by atoms with E-state index >= 15 is 0 Å². The van der Waals surface area contributed by atoms with Crippen molar-refractivity contribution in [3.63, 3.8) is 0 Å². The molecule has 0 aliphatic carbocycles. The van der Waals surface area contributed by atoms with Crippen molar-refractivity contribution >= 4 is 15.9 Å². The van der Waals surface area contributed by atoms with Crippen LogP contribution in [0, 0.1) is 11.6 Å². The van der Waals surface area contributed by atoms with Crippen LogP contribution in [-0.4, -0.2) is 55.5 Å². The predicted octanol–water partition coefficient (Wildman–Crippen LogP) is 1.46. The molecular weight excluding hydrogens is 314 g/mol. The molecule has 1 amide bonds. The monoisotopic (exact) mass is 332 g/mol. The van der Waals surface area contributed by atoms with E-state index in [1.807, 2.05) is 0 Å². The van der Waals surface area contributed by atoms with Gasteiger partial charge in [0.05, 0.1) is 5.75 Å². The van der Waals surface area contributed by atoms with Gasteiger partial charge in [0.1, 0.15) is 0 Å². The molecule has 122 valence electrons. The fourth-order valence-corrected chi connectivity index (χ4v) is 3.50. The first-order chi connectivity index (χ1) is 10.3. The van der Waals surface area contributed by atoms with Crippen molar-refractivity contribution in [1.29, 1.82) is 0 Å². The number of sulfonamides is 1. The summed E-state index contributed by atoms with van der Waals surface area (Å²) in [5.74, 6) is -2.48. The maximum atomic E-state index is 13.2. The highest BCUT2D eigenvalue weighted by Crippen LogP contribution is 2.14. The third-order valence-electron chi connectivity index (χ3n) is 3.67.